The molecule has 0 bridgehead atoms. The molecule has 0 spiro atoms. The van der Waals surface area contributed by atoms with Gasteiger partial charge in [0.25, 0.3) is 0 Å². The lowest BCUT2D eigenvalue weighted by Crippen LogP contribution is -2.07. The largest absolute Gasteiger partial charge is 0.369 e. The Morgan fingerprint density at radius 2 is 2.29 bits per heavy atom. The molecule has 0 atom stereocenters. The maximum atomic E-state index is 5.67. The molecule has 2 rings (SSSR count). The van der Waals surface area contributed by atoms with Crippen LogP contribution < -0.4 is 5.73 Å². The molecule has 5 heteroatoms. The molecule has 74 valence electrons. The molecule has 2 aromatic heterocycles. The Morgan fingerprint density at radius 3 is 2.93 bits per heavy atom. The summed E-state index contributed by atoms with van der Waals surface area (Å²) in [7, 11) is 0. The van der Waals surface area contributed by atoms with Crippen molar-refractivity contribution in [1.82, 2.24) is 19.1 Å². The second kappa shape index (κ2) is 3.53. The zero-order chi connectivity index (χ0) is 9.97. The van der Waals surface area contributed by atoms with E-state index in [1.54, 1.807) is 6.20 Å². The minimum atomic E-state index is 0.536. The summed E-state index contributed by atoms with van der Waals surface area (Å²) in [6.45, 7) is 3.73. The van der Waals surface area contributed by atoms with Crippen LogP contribution in [-0.2, 0) is 13.1 Å². The zero-order valence-electron chi connectivity index (χ0n) is 8.09. The SMILES string of the molecule is CCn1cncc1Cn1ccnc1N. The molecular formula is C9H13N5. The molecule has 0 aromatic carbocycles. The Morgan fingerprint density at radius 1 is 1.43 bits per heavy atom. The molecule has 14 heavy (non-hydrogen) atoms. The Bertz CT molecular complexity index is 414. The predicted octanol–water partition coefficient (Wildman–Crippen LogP) is 0.730. The van der Waals surface area contributed by atoms with Gasteiger partial charge in [0.1, 0.15) is 0 Å². The third kappa shape index (κ3) is 1.48. The van der Waals surface area contributed by atoms with Crippen molar-refractivity contribution >= 4 is 5.95 Å². The van der Waals surface area contributed by atoms with Crippen molar-refractivity contribution in [2.45, 2.75) is 20.0 Å². The van der Waals surface area contributed by atoms with E-state index in [4.69, 9.17) is 5.73 Å². The lowest BCUT2D eigenvalue weighted by atomic mass is 10.4. The number of aryl methyl sites for hydroxylation is 1. The quantitative estimate of drug-likeness (QED) is 0.778. The highest BCUT2D eigenvalue weighted by Crippen LogP contribution is 2.06. The van der Waals surface area contributed by atoms with Crippen molar-refractivity contribution in [3.05, 3.63) is 30.6 Å². The highest BCUT2D eigenvalue weighted by atomic mass is 15.2. The third-order valence-electron chi connectivity index (χ3n) is 2.22. The summed E-state index contributed by atoms with van der Waals surface area (Å²) < 4.78 is 3.97. The van der Waals surface area contributed by atoms with Crippen LogP contribution in [0.15, 0.2) is 24.9 Å². The fourth-order valence-electron chi connectivity index (χ4n) is 1.41. The van der Waals surface area contributed by atoms with Crippen LogP contribution in [0.3, 0.4) is 0 Å². The number of anilines is 1. The molecule has 5 nitrogen and oxygen atoms in total. The summed E-state index contributed by atoms with van der Waals surface area (Å²) in [5, 5.41) is 0. The van der Waals surface area contributed by atoms with Crippen molar-refractivity contribution in [2.75, 3.05) is 5.73 Å². The average molecular weight is 191 g/mol. The van der Waals surface area contributed by atoms with Gasteiger partial charge in [0.2, 0.25) is 0 Å². The summed E-state index contributed by atoms with van der Waals surface area (Å²) in [5.74, 6) is 0.536. The van der Waals surface area contributed by atoms with Crippen LogP contribution in [0.4, 0.5) is 5.95 Å². The monoisotopic (exact) mass is 191 g/mol. The number of nitrogen functional groups attached to an aromatic ring is 1. The standard InChI is InChI=1S/C9H13N5/c1-2-13-7-11-5-8(13)6-14-4-3-12-9(14)10/h3-5,7H,2,6H2,1H3,(H2,10,12). The van der Waals surface area contributed by atoms with Crippen molar-refractivity contribution in [3.63, 3.8) is 0 Å². The molecule has 2 N–H and O–H groups in total. The first-order valence-electron chi connectivity index (χ1n) is 4.57. The van der Waals surface area contributed by atoms with E-state index in [0.717, 1.165) is 18.8 Å². The smallest absolute Gasteiger partial charge is 0.200 e. The zero-order valence-corrected chi connectivity index (χ0v) is 8.09. The van der Waals surface area contributed by atoms with Crippen molar-refractivity contribution < 1.29 is 0 Å². The minimum absolute atomic E-state index is 0.536. The maximum absolute atomic E-state index is 5.67. The molecule has 0 amide bonds. The molecule has 0 saturated carbocycles. The molecule has 0 radical (unpaired) electrons. The molecule has 0 aliphatic carbocycles. The third-order valence-corrected chi connectivity index (χ3v) is 2.22. The van der Waals surface area contributed by atoms with E-state index in [1.807, 2.05) is 23.3 Å². The Kier molecular flexibility index (Phi) is 2.22. The van der Waals surface area contributed by atoms with E-state index < -0.39 is 0 Å². The Labute approximate surface area is 82.2 Å². The van der Waals surface area contributed by atoms with Crippen LogP contribution in [-0.4, -0.2) is 19.1 Å². The van der Waals surface area contributed by atoms with Crippen LogP contribution >= 0.6 is 0 Å². The van der Waals surface area contributed by atoms with Crippen molar-refractivity contribution in [1.29, 1.82) is 0 Å². The van der Waals surface area contributed by atoms with Gasteiger partial charge in [-0.25, -0.2) is 9.97 Å². The Hall–Kier alpha value is -1.78. The van der Waals surface area contributed by atoms with Crippen LogP contribution in [0.5, 0.6) is 0 Å². The summed E-state index contributed by atoms with van der Waals surface area (Å²) in [6, 6.07) is 0. The fourth-order valence-corrected chi connectivity index (χ4v) is 1.41. The van der Waals surface area contributed by atoms with Gasteiger partial charge in [0.05, 0.1) is 18.6 Å². The highest BCUT2D eigenvalue weighted by Gasteiger charge is 2.03. The number of hydrogen-bond acceptors (Lipinski definition) is 3. The van der Waals surface area contributed by atoms with Gasteiger partial charge < -0.3 is 14.9 Å². The van der Waals surface area contributed by atoms with Gasteiger partial charge in [0.15, 0.2) is 5.95 Å². The molecule has 2 heterocycles. The molecule has 2 aromatic rings. The first-order chi connectivity index (χ1) is 6.81. The lowest BCUT2D eigenvalue weighted by molar-refractivity contribution is 0.672. The normalized spacial score (nSPS) is 10.6. The van der Waals surface area contributed by atoms with Crippen LogP contribution in [0, 0.1) is 0 Å². The van der Waals surface area contributed by atoms with E-state index in [2.05, 4.69) is 21.5 Å². The number of hydrogen-bond donors (Lipinski definition) is 1. The van der Waals surface area contributed by atoms with Gasteiger partial charge in [-0.2, -0.15) is 0 Å². The molecular weight excluding hydrogens is 178 g/mol. The number of aromatic nitrogens is 4. The lowest BCUT2D eigenvalue weighted by Gasteiger charge is -2.06. The minimum Gasteiger partial charge on any atom is -0.369 e. The van der Waals surface area contributed by atoms with Gasteiger partial charge >= 0.3 is 0 Å². The van der Waals surface area contributed by atoms with E-state index in [1.165, 1.54) is 0 Å². The first-order valence-corrected chi connectivity index (χ1v) is 4.57. The van der Waals surface area contributed by atoms with Gasteiger partial charge in [-0.3, -0.25) is 0 Å². The molecule has 0 aliphatic rings. The topological polar surface area (TPSA) is 61.7 Å². The number of nitrogens with two attached hydrogens (primary N) is 1. The first kappa shape index (κ1) is 8.80. The molecule has 0 unspecified atom stereocenters. The van der Waals surface area contributed by atoms with Gasteiger partial charge in [-0.05, 0) is 6.92 Å². The summed E-state index contributed by atoms with van der Waals surface area (Å²) >= 11 is 0. The second-order valence-electron chi connectivity index (χ2n) is 3.08. The molecule has 0 aliphatic heterocycles. The number of rotatable bonds is 3. The number of nitrogens with zero attached hydrogens (tertiary/aromatic N) is 4. The molecule has 0 saturated heterocycles. The summed E-state index contributed by atoms with van der Waals surface area (Å²) in [5.41, 5.74) is 6.81. The van der Waals surface area contributed by atoms with E-state index in [0.29, 0.717) is 5.95 Å². The van der Waals surface area contributed by atoms with Crippen LogP contribution in [0.25, 0.3) is 0 Å². The number of imidazole rings is 2. The van der Waals surface area contributed by atoms with Gasteiger partial charge in [0, 0.05) is 25.1 Å². The van der Waals surface area contributed by atoms with Crippen LogP contribution in [0.2, 0.25) is 0 Å². The summed E-state index contributed by atoms with van der Waals surface area (Å²) in [6.07, 6.45) is 7.23. The maximum Gasteiger partial charge on any atom is 0.200 e. The Balaban J connectivity index is 2.22. The predicted molar refractivity (Wildman–Crippen MR) is 53.6 cm³/mol. The van der Waals surface area contributed by atoms with Crippen molar-refractivity contribution in [3.8, 4) is 0 Å². The van der Waals surface area contributed by atoms with Crippen molar-refractivity contribution in [2.24, 2.45) is 0 Å². The highest BCUT2D eigenvalue weighted by molar-refractivity contribution is 5.18. The van der Waals surface area contributed by atoms with Gasteiger partial charge in [-0.1, -0.05) is 0 Å². The second-order valence-corrected chi connectivity index (χ2v) is 3.08. The average Bonchev–Trinajstić information content (AvgIpc) is 2.77. The van der Waals surface area contributed by atoms with Crippen LogP contribution in [0.1, 0.15) is 12.6 Å². The van der Waals surface area contributed by atoms with E-state index >= 15 is 0 Å². The molecule has 0 fully saturated rings. The van der Waals surface area contributed by atoms with E-state index in [-0.39, 0.29) is 0 Å². The van der Waals surface area contributed by atoms with Gasteiger partial charge in [-0.15, -0.1) is 0 Å². The van der Waals surface area contributed by atoms with E-state index in [9.17, 15) is 0 Å². The fraction of sp³-hybridized carbons (Fsp3) is 0.333. The summed E-state index contributed by atoms with van der Waals surface area (Å²) in [4.78, 5) is 8.06.